The summed E-state index contributed by atoms with van der Waals surface area (Å²) in [5, 5.41) is 0. The van der Waals surface area contributed by atoms with E-state index in [9.17, 15) is 8.42 Å². The molecule has 0 amide bonds. The first-order valence-corrected chi connectivity index (χ1v) is 6.24. The molecule has 1 atom stereocenters. The Kier molecular flexibility index (Phi) is 3.88. The molecule has 84 valence electrons. The number of piperidine rings is 1. The maximum absolute atomic E-state index is 11.5. The second kappa shape index (κ2) is 4.57. The van der Waals surface area contributed by atoms with Gasteiger partial charge in [-0.15, -0.1) is 0 Å². The van der Waals surface area contributed by atoms with Crippen molar-refractivity contribution < 1.29 is 8.42 Å². The van der Waals surface area contributed by atoms with E-state index in [-0.39, 0.29) is 6.04 Å². The number of nitrogens with one attached hydrogen (secondary N) is 1. The molecule has 0 spiro atoms. The van der Waals surface area contributed by atoms with Gasteiger partial charge in [0.15, 0.2) is 0 Å². The summed E-state index contributed by atoms with van der Waals surface area (Å²) in [6.07, 6.45) is 1.98. The van der Waals surface area contributed by atoms with E-state index < -0.39 is 10.2 Å². The monoisotopic (exact) mass is 221 g/mol. The Morgan fingerprint density at radius 3 is 2.57 bits per heavy atom. The van der Waals surface area contributed by atoms with E-state index >= 15 is 0 Å². The molecule has 1 heterocycles. The zero-order valence-corrected chi connectivity index (χ0v) is 9.84. The van der Waals surface area contributed by atoms with Crippen LogP contribution in [0.15, 0.2) is 0 Å². The number of nitrogens with zero attached hydrogens (tertiary/aromatic N) is 2. The number of likely N-dealkylation sites (tertiary alicyclic amines) is 1. The maximum Gasteiger partial charge on any atom is 0.279 e. The fourth-order valence-corrected chi connectivity index (χ4v) is 2.40. The van der Waals surface area contributed by atoms with Gasteiger partial charge in [0, 0.05) is 26.7 Å². The smallest absolute Gasteiger partial charge is 0.279 e. The average molecular weight is 221 g/mol. The van der Waals surface area contributed by atoms with Crippen LogP contribution in [-0.4, -0.2) is 57.9 Å². The highest BCUT2D eigenvalue weighted by Gasteiger charge is 2.23. The summed E-state index contributed by atoms with van der Waals surface area (Å²) in [5.74, 6) is 0. The molecular weight excluding hydrogens is 202 g/mol. The molecule has 0 aromatic carbocycles. The average Bonchev–Trinajstić information content (AvgIpc) is 2.02. The fraction of sp³-hybridized carbons (Fsp3) is 1.00. The Morgan fingerprint density at radius 1 is 1.43 bits per heavy atom. The van der Waals surface area contributed by atoms with Crippen molar-refractivity contribution in [1.82, 2.24) is 13.9 Å². The molecule has 0 radical (unpaired) electrons. The van der Waals surface area contributed by atoms with Crippen LogP contribution in [0, 0.1) is 0 Å². The van der Waals surface area contributed by atoms with Crippen LogP contribution in [-0.2, 0) is 10.2 Å². The largest absolute Gasteiger partial charge is 0.305 e. The minimum atomic E-state index is -3.26. The highest BCUT2D eigenvalue weighted by Crippen LogP contribution is 2.09. The van der Waals surface area contributed by atoms with Gasteiger partial charge in [-0.3, -0.25) is 0 Å². The van der Waals surface area contributed by atoms with Gasteiger partial charge in [0.05, 0.1) is 0 Å². The van der Waals surface area contributed by atoms with Crippen molar-refractivity contribution in [3.63, 3.8) is 0 Å². The van der Waals surface area contributed by atoms with E-state index in [2.05, 4.69) is 9.62 Å². The van der Waals surface area contributed by atoms with Crippen LogP contribution in [0.2, 0.25) is 0 Å². The van der Waals surface area contributed by atoms with Gasteiger partial charge in [-0.2, -0.15) is 17.4 Å². The van der Waals surface area contributed by atoms with Crippen molar-refractivity contribution in [3.8, 4) is 0 Å². The lowest BCUT2D eigenvalue weighted by Gasteiger charge is -2.30. The van der Waals surface area contributed by atoms with Crippen molar-refractivity contribution in [2.45, 2.75) is 18.9 Å². The van der Waals surface area contributed by atoms with Crippen molar-refractivity contribution in [2.24, 2.45) is 0 Å². The SMILES string of the molecule is CN1CCCC(NS(=O)(=O)N(C)C)C1. The van der Waals surface area contributed by atoms with E-state index in [1.807, 2.05) is 7.05 Å². The molecule has 0 aliphatic carbocycles. The van der Waals surface area contributed by atoms with Crippen LogP contribution >= 0.6 is 0 Å². The fourth-order valence-electron chi connectivity index (χ4n) is 1.58. The lowest BCUT2D eigenvalue weighted by Crippen LogP contribution is -2.49. The minimum Gasteiger partial charge on any atom is -0.305 e. The van der Waals surface area contributed by atoms with E-state index in [1.165, 1.54) is 18.4 Å². The quantitative estimate of drug-likeness (QED) is 0.697. The number of hydrogen-bond donors (Lipinski definition) is 1. The second-order valence-electron chi connectivity index (χ2n) is 4.01. The van der Waals surface area contributed by atoms with Crippen LogP contribution in [0.3, 0.4) is 0 Å². The van der Waals surface area contributed by atoms with Gasteiger partial charge in [-0.25, -0.2) is 0 Å². The predicted molar refractivity (Wildman–Crippen MR) is 56.3 cm³/mol. The molecule has 0 aromatic rings. The molecule has 6 heteroatoms. The van der Waals surface area contributed by atoms with E-state index in [0.717, 1.165) is 25.9 Å². The first-order valence-electron chi connectivity index (χ1n) is 4.80. The third-order valence-corrected chi connectivity index (χ3v) is 4.01. The second-order valence-corrected chi connectivity index (χ2v) is 5.92. The maximum atomic E-state index is 11.5. The lowest BCUT2D eigenvalue weighted by molar-refractivity contribution is 0.241. The van der Waals surface area contributed by atoms with Crippen LogP contribution < -0.4 is 4.72 Å². The van der Waals surface area contributed by atoms with Crippen LogP contribution in [0.4, 0.5) is 0 Å². The Bertz CT molecular complexity index is 276. The topological polar surface area (TPSA) is 52.7 Å². The summed E-state index contributed by atoms with van der Waals surface area (Å²) < 4.78 is 26.9. The van der Waals surface area contributed by atoms with Crippen molar-refractivity contribution in [2.75, 3.05) is 34.2 Å². The summed E-state index contributed by atoms with van der Waals surface area (Å²) in [5.41, 5.74) is 0. The molecule has 0 aromatic heterocycles. The normalized spacial score (nSPS) is 25.6. The molecule has 1 N–H and O–H groups in total. The Labute approximate surface area is 86.3 Å². The highest BCUT2D eigenvalue weighted by molar-refractivity contribution is 7.87. The highest BCUT2D eigenvalue weighted by atomic mass is 32.2. The summed E-state index contributed by atoms with van der Waals surface area (Å²) in [6, 6.07) is 0.0566. The lowest BCUT2D eigenvalue weighted by atomic mass is 10.1. The zero-order chi connectivity index (χ0) is 10.8. The molecule has 1 saturated heterocycles. The van der Waals surface area contributed by atoms with Crippen molar-refractivity contribution >= 4 is 10.2 Å². The molecule has 0 saturated carbocycles. The van der Waals surface area contributed by atoms with Crippen LogP contribution in [0.5, 0.6) is 0 Å². The first-order chi connectivity index (χ1) is 6.42. The van der Waals surface area contributed by atoms with Gasteiger partial charge >= 0.3 is 0 Å². The van der Waals surface area contributed by atoms with Gasteiger partial charge in [-0.1, -0.05) is 0 Å². The third-order valence-electron chi connectivity index (χ3n) is 2.42. The van der Waals surface area contributed by atoms with Gasteiger partial charge in [-0.05, 0) is 26.4 Å². The molecule has 1 aliphatic rings. The first kappa shape index (κ1) is 11.9. The van der Waals surface area contributed by atoms with E-state index in [1.54, 1.807) is 0 Å². The molecule has 1 aliphatic heterocycles. The molecule has 1 fully saturated rings. The van der Waals surface area contributed by atoms with Gasteiger partial charge < -0.3 is 4.90 Å². The van der Waals surface area contributed by atoms with Gasteiger partial charge in [0.1, 0.15) is 0 Å². The van der Waals surface area contributed by atoms with Gasteiger partial charge in [0.2, 0.25) is 0 Å². The Balaban J connectivity index is 2.52. The minimum absolute atomic E-state index is 0.0566. The van der Waals surface area contributed by atoms with E-state index in [4.69, 9.17) is 0 Å². The number of hydrogen-bond acceptors (Lipinski definition) is 3. The van der Waals surface area contributed by atoms with Crippen LogP contribution in [0.25, 0.3) is 0 Å². The van der Waals surface area contributed by atoms with Crippen molar-refractivity contribution in [1.29, 1.82) is 0 Å². The molecule has 0 bridgehead atoms. The van der Waals surface area contributed by atoms with Crippen LogP contribution in [0.1, 0.15) is 12.8 Å². The zero-order valence-electron chi connectivity index (χ0n) is 9.02. The molecule has 1 rings (SSSR count). The predicted octanol–water partition coefficient (Wildman–Crippen LogP) is -0.523. The molecule has 5 nitrogen and oxygen atoms in total. The molecular formula is C8H19N3O2S. The number of rotatable bonds is 3. The summed E-state index contributed by atoms with van der Waals surface area (Å²) in [4.78, 5) is 2.15. The van der Waals surface area contributed by atoms with Gasteiger partial charge in [0.25, 0.3) is 10.2 Å². The summed E-state index contributed by atoms with van der Waals surface area (Å²) in [6.45, 7) is 1.85. The third kappa shape index (κ3) is 3.20. The standard InChI is InChI=1S/C8H19N3O2S/c1-10(2)14(12,13)9-8-5-4-6-11(3)7-8/h8-9H,4-7H2,1-3H3. The Morgan fingerprint density at radius 2 is 2.07 bits per heavy atom. The van der Waals surface area contributed by atoms with Crippen molar-refractivity contribution in [3.05, 3.63) is 0 Å². The van der Waals surface area contributed by atoms with E-state index in [0.29, 0.717) is 0 Å². The number of likely N-dealkylation sites (N-methyl/N-ethyl adjacent to an activating group) is 1. The molecule has 14 heavy (non-hydrogen) atoms. The molecule has 1 unspecified atom stereocenters. The Hall–Kier alpha value is -0.170. The summed E-state index contributed by atoms with van der Waals surface area (Å²) in [7, 11) is 1.82. The summed E-state index contributed by atoms with van der Waals surface area (Å²) >= 11 is 0.